The number of benzene rings is 1. The van der Waals surface area contributed by atoms with Gasteiger partial charge in [0.2, 0.25) is 5.91 Å². The molecule has 0 radical (unpaired) electrons. The second-order valence-electron chi connectivity index (χ2n) is 6.10. The Labute approximate surface area is 141 Å². The molecule has 6 heteroatoms. The van der Waals surface area contributed by atoms with Crippen molar-refractivity contribution in [2.45, 2.75) is 25.2 Å². The maximum atomic E-state index is 13.1. The molecule has 1 aliphatic rings. The van der Waals surface area contributed by atoms with E-state index in [1.54, 1.807) is 20.0 Å². The van der Waals surface area contributed by atoms with Crippen LogP contribution in [0.1, 0.15) is 25.3 Å². The van der Waals surface area contributed by atoms with Gasteiger partial charge >= 0.3 is 5.97 Å². The average molecular weight is 340 g/mol. The van der Waals surface area contributed by atoms with Gasteiger partial charge in [0.05, 0.1) is 11.3 Å². The lowest BCUT2D eigenvalue weighted by molar-refractivity contribution is -0.145. The summed E-state index contributed by atoms with van der Waals surface area (Å²) in [6.07, 6.45) is 1.09. The molecule has 1 aliphatic heterocycles. The van der Waals surface area contributed by atoms with E-state index in [4.69, 9.17) is 21.4 Å². The molecular formula is C17H22ClNO4. The highest BCUT2D eigenvalue weighted by atomic mass is 35.5. The molecule has 1 aromatic rings. The standard InChI is InChI=1S/C17H22ClNO4/c1-12(15(20)21)11-19(2)16(22)17(7-9-23-10-8-17)13-5-3-4-6-14(13)18/h3-6,12H,7-11H2,1-2H3,(H,20,21)/t12-/m0/s1. The third-order valence-electron chi connectivity index (χ3n) is 4.46. The number of hydrogen-bond acceptors (Lipinski definition) is 3. The van der Waals surface area contributed by atoms with Crippen molar-refractivity contribution in [1.82, 2.24) is 4.90 Å². The topological polar surface area (TPSA) is 66.8 Å². The van der Waals surface area contributed by atoms with Gasteiger partial charge in [0.15, 0.2) is 0 Å². The molecule has 1 aromatic carbocycles. The Morgan fingerprint density at radius 3 is 2.52 bits per heavy atom. The summed E-state index contributed by atoms with van der Waals surface area (Å²) in [5, 5.41) is 9.63. The number of hydrogen-bond donors (Lipinski definition) is 1. The number of rotatable bonds is 5. The summed E-state index contributed by atoms with van der Waals surface area (Å²) < 4.78 is 5.43. The van der Waals surface area contributed by atoms with Gasteiger partial charge in [-0.3, -0.25) is 9.59 Å². The van der Waals surface area contributed by atoms with Crippen molar-refractivity contribution in [2.24, 2.45) is 5.92 Å². The average Bonchev–Trinajstić information content (AvgIpc) is 2.55. The molecular weight excluding hydrogens is 318 g/mol. The van der Waals surface area contributed by atoms with Gasteiger partial charge in [0.25, 0.3) is 0 Å². The van der Waals surface area contributed by atoms with Crippen LogP contribution in [0.15, 0.2) is 24.3 Å². The third-order valence-corrected chi connectivity index (χ3v) is 4.79. The van der Waals surface area contributed by atoms with Crippen LogP contribution in [0, 0.1) is 5.92 Å². The lowest BCUT2D eigenvalue weighted by atomic mass is 9.73. The molecule has 1 saturated heterocycles. The zero-order chi connectivity index (χ0) is 17.0. The Bertz CT molecular complexity index is 584. The second kappa shape index (κ2) is 7.32. The number of carbonyl (C=O) groups is 2. The maximum Gasteiger partial charge on any atom is 0.308 e. The Hall–Kier alpha value is -1.59. The lowest BCUT2D eigenvalue weighted by Crippen LogP contribution is -2.50. The molecule has 5 nitrogen and oxygen atoms in total. The van der Waals surface area contributed by atoms with Crippen molar-refractivity contribution < 1.29 is 19.4 Å². The van der Waals surface area contributed by atoms with Gasteiger partial charge in [0, 0.05) is 31.8 Å². The summed E-state index contributed by atoms with van der Waals surface area (Å²) in [7, 11) is 1.65. The minimum Gasteiger partial charge on any atom is -0.481 e. The molecule has 1 fully saturated rings. The largest absolute Gasteiger partial charge is 0.481 e. The van der Waals surface area contributed by atoms with Gasteiger partial charge < -0.3 is 14.7 Å². The molecule has 1 heterocycles. The predicted molar refractivity (Wildman–Crippen MR) is 87.6 cm³/mol. The molecule has 0 aromatic heterocycles. The molecule has 0 spiro atoms. The SMILES string of the molecule is C[C@@H](CN(C)C(=O)C1(c2ccccc2Cl)CCOCC1)C(=O)O. The zero-order valence-corrected chi connectivity index (χ0v) is 14.2. The van der Waals surface area contributed by atoms with Crippen LogP contribution in [0.25, 0.3) is 0 Å². The van der Waals surface area contributed by atoms with Crippen molar-refractivity contribution in [3.05, 3.63) is 34.9 Å². The Morgan fingerprint density at radius 2 is 1.96 bits per heavy atom. The van der Waals surface area contributed by atoms with Crippen LogP contribution in [0.3, 0.4) is 0 Å². The highest BCUT2D eigenvalue weighted by Crippen LogP contribution is 2.40. The van der Waals surface area contributed by atoms with Crippen LogP contribution < -0.4 is 0 Å². The zero-order valence-electron chi connectivity index (χ0n) is 13.4. The van der Waals surface area contributed by atoms with E-state index in [1.807, 2.05) is 18.2 Å². The van der Waals surface area contributed by atoms with Crippen LogP contribution in [-0.2, 0) is 19.7 Å². The van der Waals surface area contributed by atoms with Gasteiger partial charge in [-0.05, 0) is 24.5 Å². The van der Waals surface area contributed by atoms with Gasteiger partial charge in [-0.25, -0.2) is 0 Å². The minimum absolute atomic E-state index is 0.0954. The number of amides is 1. The first-order valence-corrected chi connectivity index (χ1v) is 8.07. The number of nitrogens with zero attached hydrogens (tertiary/aromatic N) is 1. The van der Waals surface area contributed by atoms with E-state index in [-0.39, 0.29) is 12.5 Å². The molecule has 0 unspecified atom stereocenters. The van der Waals surface area contributed by atoms with Gasteiger partial charge in [0.1, 0.15) is 0 Å². The fraction of sp³-hybridized carbons (Fsp3) is 0.529. The van der Waals surface area contributed by atoms with E-state index >= 15 is 0 Å². The Balaban J connectivity index is 2.33. The van der Waals surface area contributed by atoms with Crippen molar-refractivity contribution in [3.63, 3.8) is 0 Å². The first kappa shape index (κ1) is 17.8. The van der Waals surface area contributed by atoms with Crippen LogP contribution >= 0.6 is 11.6 Å². The van der Waals surface area contributed by atoms with Crippen molar-refractivity contribution in [3.8, 4) is 0 Å². The van der Waals surface area contributed by atoms with Gasteiger partial charge in [-0.2, -0.15) is 0 Å². The van der Waals surface area contributed by atoms with Gasteiger partial charge in [-0.15, -0.1) is 0 Å². The molecule has 1 atom stereocenters. The summed E-state index contributed by atoms with van der Waals surface area (Å²) in [5.74, 6) is -1.63. The predicted octanol–water partition coefficient (Wildman–Crippen LogP) is 2.57. The van der Waals surface area contributed by atoms with E-state index < -0.39 is 17.3 Å². The smallest absolute Gasteiger partial charge is 0.308 e. The maximum absolute atomic E-state index is 13.1. The summed E-state index contributed by atoms with van der Waals surface area (Å²) in [5.41, 5.74) is 0.0496. The summed E-state index contributed by atoms with van der Waals surface area (Å²) in [6, 6.07) is 7.35. The first-order valence-electron chi connectivity index (χ1n) is 7.69. The van der Waals surface area contributed by atoms with Crippen LogP contribution in [0.2, 0.25) is 5.02 Å². The third kappa shape index (κ3) is 3.67. The number of aliphatic carboxylic acids is 1. The summed E-state index contributed by atoms with van der Waals surface area (Å²) in [4.78, 5) is 25.7. The van der Waals surface area contributed by atoms with Crippen molar-refractivity contribution >= 4 is 23.5 Å². The molecule has 2 rings (SSSR count). The van der Waals surface area contributed by atoms with E-state index in [9.17, 15) is 9.59 Å². The summed E-state index contributed by atoms with van der Waals surface area (Å²) >= 11 is 6.35. The fourth-order valence-corrected chi connectivity index (χ4v) is 3.42. The number of carbonyl (C=O) groups excluding carboxylic acids is 1. The Morgan fingerprint density at radius 1 is 1.35 bits per heavy atom. The quantitative estimate of drug-likeness (QED) is 0.895. The molecule has 23 heavy (non-hydrogen) atoms. The molecule has 1 N–H and O–H groups in total. The highest BCUT2D eigenvalue weighted by Gasteiger charge is 2.44. The van der Waals surface area contributed by atoms with Crippen molar-refractivity contribution in [2.75, 3.05) is 26.8 Å². The van der Waals surface area contributed by atoms with Crippen molar-refractivity contribution in [1.29, 1.82) is 0 Å². The first-order chi connectivity index (χ1) is 10.9. The number of ether oxygens (including phenoxy) is 1. The number of carboxylic acids is 1. The normalized spacial score (nSPS) is 18.2. The monoisotopic (exact) mass is 339 g/mol. The summed E-state index contributed by atoms with van der Waals surface area (Å²) in [6.45, 7) is 2.73. The van der Waals surface area contributed by atoms with E-state index in [1.165, 1.54) is 4.90 Å². The molecule has 0 aliphatic carbocycles. The lowest BCUT2D eigenvalue weighted by Gasteiger charge is -2.39. The number of carboxylic acid groups (broad SMARTS) is 1. The van der Waals surface area contributed by atoms with Gasteiger partial charge in [-0.1, -0.05) is 36.7 Å². The highest BCUT2D eigenvalue weighted by molar-refractivity contribution is 6.31. The number of halogens is 1. The molecule has 0 bridgehead atoms. The van der Waals surface area contributed by atoms with Crippen LogP contribution in [-0.4, -0.2) is 48.7 Å². The molecule has 1 amide bonds. The Kier molecular flexibility index (Phi) is 5.65. The van der Waals surface area contributed by atoms with E-state index in [2.05, 4.69) is 0 Å². The second-order valence-corrected chi connectivity index (χ2v) is 6.51. The van der Waals surface area contributed by atoms with E-state index in [0.29, 0.717) is 31.1 Å². The fourth-order valence-electron chi connectivity index (χ4n) is 3.10. The molecule has 0 saturated carbocycles. The van der Waals surface area contributed by atoms with Crippen LogP contribution in [0.5, 0.6) is 0 Å². The number of likely N-dealkylation sites (N-methyl/N-ethyl adjacent to an activating group) is 1. The minimum atomic E-state index is -0.913. The molecule has 126 valence electrons. The van der Waals surface area contributed by atoms with E-state index in [0.717, 1.165) is 5.56 Å². The van der Waals surface area contributed by atoms with Crippen LogP contribution in [0.4, 0.5) is 0 Å².